The third-order valence-corrected chi connectivity index (χ3v) is 4.73. The van der Waals surface area contributed by atoms with Crippen LogP contribution in [0.3, 0.4) is 0 Å². The van der Waals surface area contributed by atoms with Crippen LogP contribution in [-0.4, -0.2) is 70.7 Å². The molecule has 0 saturated carbocycles. The molecular formula is C18H27ClFN5O3. The summed E-state index contributed by atoms with van der Waals surface area (Å²) in [6.45, 7) is 6.83. The van der Waals surface area contributed by atoms with Crippen molar-refractivity contribution in [3.05, 3.63) is 12.4 Å². The molecule has 8 nitrogen and oxygen atoms in total. The van der Waals surface area contributed by atoms with Crippen LogP contribution >= 0.6 is 11.6 Å². The van der Waals surface area contributed by atoms with E-state index in [0.29, 0.717) is 24.7 Å². The first kappa shape index (κ1) is 20.9. The third-order valence-electron chi connectivity index (χ3n) is 4.47. The molecule has 3 atom stereocenters. The Labute approximate surface area is 169 Å². The highest BCUT2D eigenvalue weighted by Crippen LogP contribution is 2.24. The molecule has 2 fully saturated rings. The van der Waals surface area contributed by atoms with Crippen molar-refractivity contribution in [1.82, 2.24) is 14.9 Å². The smallest absolute Gasteiger partial charge is 0.410 e. The zero-order valence-electron chi connectivity index (χ0n) is 16.4. The van der Waals surface area contributed by atoms with Gasteiger partial charge in [-0.15, -0.1) is 0 Å². The molecule has 2 aliphatic rings. The van der Waals surface area contributed by atoms with Gasteiger partial charge in [-0.2, -0.15) is 0 Å². The lowest BCUT2D eigenvalue weighted by Gasteiger charge is -2.35. The number of hydrogen-bond acceptors (Lipinski definition) is 7. The number of morpholine rings is 1. The second kappa shape index (κ2) is 8.65. The zero-order valence-corrected chi connectivity index (χ0v) is 17.2. The summed E-state index contributed by atoms with van der Waals surface area (Å²) in [4.78, 5) is 23.9. The van der Waals surface area contributed by atoms with E-state index in [1.165, 1.54) is 11.2 Å². The molecule has 28 heavy (non-hydrogen) atoms. The number of carbonyl (C=O) groups excluding carboxylic acids is 1. The lowest BCUT2D eigenvalue weighted by molar-refractivity contribution is 0.0206. The number of alkyl halides is 2. The Morgan fingerprint density at radius 3 is 2.93 bits per heavy atom. The summed E-state index contributed by atoms with van der Waals surface area (Å²) in [6, 6.07) is 1.71. The molecule has 0 bridgehead atoms. The van der Waals surface area contributed by atoms with Crippen LogP contribution in [0, 0.1) is 0 Å². The maximum absolute atomic E-state index is 14.2. The van der Waals surface area contributed by atoms with E-state index < -0.39 is 17.5 Å². The summed E-state index contributed by atoms with van der Waals surface area (Å²) in [7, 11) is 0. The fourth-order valence-electron chi connectivity index (χ4n) is 3.21. The Morgan fingerprint density at radius 2 is 2.18 bits per heavy atom. The van der Waals surface area contributed by atoms with E-state index in [1.54, 1.807) is 11.0 Å². The number of anilines is 2. The van der Waals surface area contributed by atoms with Gasteiger partial charge in [-0.1, -0.05) is 11.6 Å². The quantitative estimate of drug-likeness (QED) is 0.600. The number of piperidine rings is 1. The van der Waals surface area contributed by atoms with Gasteiger partial charge in [0.05, 0.1) is 13.2 Å². The molecule has 10 heteroatoms. The van der Waals surface area contributed by atoms with Gasteiger partial charge < -0.3 is 24.6 Å². The molecule has 3 unspecified atom stereocenters. The van der Waals surface area contributed by atoms with Gasteiger partial charge in [-0.25, -0.2) is 19.2 Å². The van der Waals surface area contributed by atoms with Crippen molar-refractivity contribution in [1.29, 1.82) is 0 Å². The average Bonchev–Trinajstić information content (AvgIpc) is 2.63. The molecule has 2 saturated heterocycles. The number of amides is 1. The van der Waals surface area contributed by atoms with Crippen molar-refractivity contribution in [3.63, 3.8) is 0 Å². The molecule has 1 amide bonds. The lowest BCUT2D eigenvalue weighted by atomic mass is 10.1. The van der Waals surface area contributed by atoms with Crippen LogP contribution in [0.1, 0.15) is 33.6 Å². The molecule has 1 aromatic rings. The standard InChI is InChI=1S/C18H27ClFN5O3/c1-18(2,3)28-17(26)24-6-4-5-12(8-24)23-15-7-16(22-11-21-15)25-9-13(19)27-10-14(25)20/h7,11-14H,4-6,8-10H2,1-3H3,(H,21,22,23). The Morgan fingerprint density at radius 1 is 1.39 bits per heavy atom. The second-order valence-corrected chi connectivity index (χ2v) is 8.49. The van der Waals surface area contributed by atoms with Gasteiger partial charge in [-0.3, -0.25) is 0 Å². The van der Waals surface area contributed by atoms with Gasteiger partial charge in [-0.05, 0) is 33.6 Å². The molecular weight excluding hydrogens is 389 g/mol. The average molecular weight is 416 g/mol. The molecule has 3 heterocycles. The van der Waals surface area contributed by atoms with Gasteiger partial charge in [0.15, 0.2) is 6.30 Å². The van der Waals surface area contributed by atoms with Crippen molar-refractivity contribution in [2.75, 3.05) is 36.5 Å². The summed E-state index contributed by atoms with van der Waals surface area (Å²) in [5, 5.41) is 3.32. The number of rotatable bonds is 3. The van der Waals surface area contributed by atoms with Crippen molar-refractivity contribution in [3.8, 4) is 0 Å². The van der Waals surface area contributed by atoms with E-state index in [4.69, 9.17) is 21.1 Å². The first-order valence-corrected chi connectivity index (χ1v) is 9.88. The highest BCUT2D eigenvalue weighted by molar-refractivity contribution is 6.20. The van der Waals surface area contributed by atoms with Gasteiger partial charge in [0, 0.05) is 25.2 Å². The van der Waals surface area contributed by atoms with Crippen molar-refractivity contribution in [2.24, 2.45) is 0 Å². The van der Waals surface area contributed by atoms with E-state index in [2.05, 4.69) is 15.3 Å². The van der Waals surface area contributed by atoms with Crippen LogP contribution < -0.4 is 10.2 Å². The maximum atomic E-state index is 14.2. The number of ether oxygens (including phenoxy) is 2. The van der Waals surface area contributed by atoms with Gasteiger partial charge in [0.25, 0.3) is 0 Å². The predicted molar refractivity (Wildman–Crippen MR) is 104 cm³/mol. The predicted octanol–water partition coefficient (Wildman–Crippen LogP) is 2.99. The van der Waals surface area contributed by atoms with Crippen LogP contribution in [0.2, 0.25) is 0 Å². The number of hydrogen-bond donors (Lipinski definition) is 1. The van der Waals surface area contributed by atoms with Crippen LogP contribution in [0.15, 0.2) is 12.4 Å². The van der Waals surface area contributed by atoms with E-state index in [0.717, 1.165) is 12.8 Å². The number of nitrogens with one attached hydrogen (secondary N) is 1. The van der Waals surface area contributed by atoms with Gasteiger partial charge >= 0.3 is 6.09 Å². The third kappa shape index (κ3) is 5.57. The molecule has 2 aliphatic heterocycles. The summed E-state index contributed by atoms with van der Waals surface area (Å²) >= 11 is 5.97. The molecule has 0 aliphatic carbocycles. The largest absolute Gasteiger partial charge is 0.444 e. The lowest BCUT2D eigenvalue weighted by Crippen LogP contribution is -2.47. The minimum Gasteiger partial charge on any atom is -0.444 e. The molecule has 0 radical (unpaired) electrons. The van der Waals surface area contributed by atoms with Crippen LogP contribution in [0.5, 0.6) is 0 Å². The number of nitrogens with zero attached hydrogens (tertiary/aromatic N) is 4. The maximum Gasteiger partial charge on any atom is 0.410 e. The summed E-state index contributed by atoms with van der Waals surface area (Å²) in [5.74, 6) is 1.02. The van der Waals surface area contributed by atoms with Crippen molar-refractivity contribution < 1.29 is 18.7 Å². The molecule has 0 aromatic carbocycles. The van der Waals surface area contributed by atoms with Crippen LogP contribution in [-0.2, 0) is 9.47 Å². The number of halogens is 2. The molecule has 3 rings (SSSR count). The zero-order chi connectivity index (χ0) is 20.3. The summed E-state index contributed by atoms with van der Waals surface area (Å²) in [5.41, 5.74) is -1.11. The van der Waals surface area contributed by atoms with E-state index in [1.807, 2.05) is 20.8 Å². The molecule has 1 N–H and O–H groups in total. The Kier molecular flexibility index (Phi) is 6.44. The van der Waals surface area contributed by atoms with E-state index in [9.17, 15) is 9.18 Å². The highest BCUT2D eigenvalue weighted by Gasteiger charge is 2.30. The monoisotopic (exact) mass is 415 g/mol. The normalized spacial score (nSPS) is 26.1. The SMILES string of the molecule is CC(C)(C)OC(=O)N1CCCC(Nc2cc(N3CC(Cl)OCC3F)ncn2)C1. The Hall–Kier alpha value is -1.87. The Bertz CT molecular complexity index is 689. The fourth-order valence-corrected chi connectivity index (χ4v) is 3.43. The summed E-state index contributed by atoms with van der Waals surface area (Å²) < 4.78 is 24.7. The van der Waals surface area contributed by atoms with E-state index >= 15 is 0 Å². The number of likely N-dealkylation sites (tertiary alicyclic amines) is 1. The van der Waals surface area contributed by atoms with E-state index in [-0.39, 0.29) is 25.3 Å². The highest BCUT2D eigenvalue weighted by atomic mass is 35.5. The minimum atomic E-state index is -1.31. The topological polar surface area (TPSA) is 79.8 Å². The number of aromatic nitrogens is 2. The number of carbonyl (C=O) groups is 1. The van der Waals surface area contributed by atoms with Gasteiger partial charge in [0.2, 0.25) is 0 Å². The van der Waals surface area contributed by atoms with Crippen LogP contribution in [0.4, 0.5) is 20.8 Å². The minimum absolute atomic E-state index is 0.0238. The summed E-state index contributed by atoms with van der Waals surface area (Å²) in [6.07, 6.45) is 1.52. The fraction of sp³-hybridized carbons (Fsp3) is 0.722. The Balaban J connectivity index is 1.63. The van der Waals surface area contributed by atoms with Crippen LogP contribution in [0.25, 0.3) is 0 Å². The van der Waals surface area contributed by atoms with Crippen molar-refractivity contribution >= 4 is 29.3 Å². The molecule has 156 valence electrons. The molecule has 1 aromatic heterocycles. The first-order chi connectivity index (χ1) is 13.2. The van der Waals surface area contributed by atoms with Crippen molar-refractivity contribution in [2.45, 2.75) is 57.1 Å². The first-order valence-electron chi connectivity index (χ1n) is 9.44. The second-order valence-electron chi connectivity index (χ2n) is 8.00. The molecule has 0 spiro atoms. The van der Waals surface area contributed by atoms with Gasteiger partial charge in [0.1, 0.15) is 29.1 Å².